The van der Waals surface area contributed by atoms with Gasteiger partial charge < -0.3 is 14.8 Å². The van der Waals surface area contributed by atoms with E-state index in [9.17, 15) is 18.0 Å². The Labute approximate surface area is 193 Å². The zero-order chi connectivity index (χ0) is 24.4. The molecule has 0 atom stereocenters. The molecule has 0 radical (unpaired) electrons. The van der Waals surface area contributed by atoms with Crippen molar-refractivity contribution in [2.75, 3.05) is 30.8 Å². The molecular weight excluding hydrogens is 448 g/mol. The maximum atomic E-state index is 12.3. The van der Waals surface area contributed by atoms with Crippen LogP contribution >= 0.6 is 0 Å². The van der Waals surface area contributed by atoms with E-state index in [1.54, 1.807) is 48.5 Å². The number of methoxy groups -OCH3 is 1. The van der Waals surface area contributed by atoms with Crippen molar-refractivity contribution in [2.45, 2.75) is 19.9 Å². The van der Waals surface area contributed by atoms with E-state index in [1.807, 2.05) is 13.8 Å². The molecule has 33 heavy (non-hydrogen) atoms. The minimum Gasteiger partial charge on any atom is -0.495 e. The number of hydrogen-bond acceptors (Lipinski definition) is 7. The van der Waals surface area contributed by atoms with E-state index in [0.29, 0.717) is 17.1 Å². The molecule has 11 heteroatoms. The number of amides is 2. The van der Waals surface area contributed by atoms with Gasteiger partial charge in [-0.15, -0.1) is 0 Å². The van der Waals surface area contributed by atoms with Crippen LogP contribution in [0.2, 0.25) is 0 Å². The lowest BCUT2D eigenvalue weighted by atomic mass is 10.2. The van der Waals surface area contributed by atoms with Gasteiger partial charge in [0.15, 0.2) is 6.61 Å². The highest BCUT2D eigenvalue weighted by molar-refractivity contribution is 7.92. The maximum Gasteiger partial charge on any atom is 0.260 e. The van der Waals surface area contributed by atoms with Gasteiger partial charge in [-0.05, 0) is 55.8 Å². The zero-order valence-electron chi connectivity index (χ0n) is 18.9. The van der Waals surface area contributed by atoms with Crippen molar-refractivity contribution in [2.24, 2.45) is 5.10 Å². The van der Waals surface area contributed by atoms with Crippen LogP contribution in [-0.4, -0.2) is 59.0 Å². The van der Waals surface area contributed by atoms with Crippen LogP contribution in [0.1, 0.15) is 19.4 Å². The molecule has 0 unspecified atom stereocenters. The first-order chi connectivity index (χ1) is 15.6. The van der Waals surface area contributed by atoms with Crippen LogP contribution in [-0.2, 0) is 19.6 Å². The molecule has 2 aromatic rings. The third-order valence-corrected chi connectivity index (χ3v) is 5.27. The number of rotatable bonds is 11. The molecule has 0 aliphatic carbocycles. The van der Waals surface area contributed by atoms with Gasteiger partial charge in [-0.1, -0.05) is 12.1 Å². The molecule has 2 amide bonds. The average molecular weight is 477 g/mol. The van der Waals surface area contributed by atoms with Crippen molar-refractivity contribution in [3.63, 3.8) is 0 Å². The second-order valence-electron chi connectivity index (χ2n) is 7.31. The van der Waals surface area contributed by atoms with E-state index < -0.39 is 22.5 Å². The summed E-state index contributed by atoms with van der Waals surface area (Å²) in [4.78, 5) is 23.9. The highest BCUT2D eigenvalue weighted by Crippen LogP contribution is 2.29. The summed E-state index contributed by atoms with van der Waals surface area (Å²) < 4.78 is 36.0. The molecule has 0 aromatic heterocycles. The molecule has 2 rings (SSSR count). The number of nitrogens with zero attached hydrogens (tertiary/aromatic N) is 2. The van der Waals surface area contributed by atoms with Crippen LogP contribution < -0.4 is 24.5 Å². The number of hydrogen-bond donors (Lipinski definition) is 2. The lowest BCUT2D eigenvalue weighted by molar-refractivity contribution is -0.123. The molecule has 0 aliphatic heterocycles. The van der Waals surface area contributed by atoms with Crippen LogP contribution in [0.25, 0.3) is 0 Å². The third-order valence-electron chi connectivity index (χ3n) is 4.14. The van der Waals surface area contributed by atoms with Crippen LogP contribution in [0, 0.1) is 0 Å². The molecule has 0 spiro atoms. The van der Waals surface area contributed by atoms with Crippen LogP contribution in [0.15, 0.2) is 53.6 Å². The van der Waals surface area contributed by atoms with Crippen LogP contribution in [0.4, 0.5) is 5.69 Å². The highest BCUT2D eigenvalue weighted by atomic mass is 32.2. The van der Waals surface area contributed by atoms with E-state index in [-0.39, 0.29) is 24.2 Å². The van der Waals surface area contributed by atoms with Crippen LogP contribution in [0.5, 0.6) is 11.5 Å². The van der Waals surface area contributed by atoms with Crippen molar-refractivity contribution in [1.82, 2.24) is 10.7 Å². The first-order valence-corrected chi connectivity index (χ1v) is 11.9. The molecule has 178 valence electrons. The molecule has 0 bridgehead atoms. The average Bonchev–Trinajstić information content (AvgIpc) is 2.75. The van der Waals surface area contributed by atoms with Crippen LogP contribution in [0.3, 0.4) is 0 Å². The van der Waals surface area contributed by atoms with Gasteiger partial charge in [-0.3, -0.25) is 13.9 Å². The zero-order valence-corrected chi connectivity index (χ0v) is 19.8. The van der Waals surface area contributed by atoms with Gasteiger partial charge in [-0.25, -0.2) is 13.8 Å². The summed E-state index contributed by atoms with van der Waals surface area (Å²) in [6.07, 6.45) is 2.41. The first-order valence-electron chi connectivity index (χ1n) is 10.0. The van der Waals surface area contributed by atoms with Gasteiger partial charge in [0, 0.05) is 6.04 Å². The Morgan fingerprint density at radius 3 is 2.36 bits per heavy atom. The van der Waals surface area contributed by atoms with E-state index in [0.717, 1.165) is 10.6 Å². The number of sulfonamides is 1. The second-order valence-corrected chi connectivity index (χ2v) is 9.22. The van der Waals surface area contributed by atoms with Gasteiger partial charge in [0.1, 0.15) is 18.0 Å². The van der Waals surface area contributed by atoms with E-state index in [2.05, 4.69) is 15.8 Å². The summed E-state index contributed by atoms with van der Waals surface area (Å²) in [7, 11) is -2.33. The van der Waals surface area contributed by atoms with Crippen molar-refractivity contribution in [1.29, 1.82) is 0 Å². The minimum absolute atomic E-state index is 0.0362. The molecular formula is C22H28N4O6S. The number of benzene rings is 2. The fraction of sp³-hybridized carbons (Fsp3) is 0.318. The lowest BCUT2D eigenvalue weighted by Gasteiger charge is -2.23. The molecule has 10 nitrogen and oxygen atoms in total. The van der Waals surface area contributed by atoms with E-state index in [1.165, 1.54) is 13.3 Å². The predicted molar refractivity (Wildman–Crippen MR) is 126 cm³/mol. The van der Waals surface area contributed by atoms with Gasteiger partial charge in [0.25, 0.3) is 11.8 Å². The number of para-hydroxylation sites is 2. The fourth-order valence-electron chi connectivity index (χ4n) is 2.72. The summed E-state index contributed by atoms with van der Waals surface area (Å²) in [6.45, 7) is 3.16. The Bertz CT molecular complexity index is 1080. The summed E-state index contributed by atoms with van der Waals surface area (Å²) in [5.74, 6) is -0.00720. The quantitative estimate of drug-likeness (QED) is 0.374. The largest absolute Gasteiger partial charge is 0.495 e. The van der Waals surface area contributed by atoms with Crippen molar-refractivity contribution in [3.8, 4) is 11.5 Å². The topological polar surface area (TPSA) is 126 Å². The summed E-state index contributed by atoms with van der Waals surface area (Å²) in [5.41, 5.74) is 3.23. The summed E-state index contributed by atoms with van der Waals surface area (Å²) in [6, 6.07) is 13.3. The Hall–Kier alpha value is -3.60. The van der Waals surface area contributed by atoms with Crippen molar-refractivity contribution >= 4 is 33.7 Å². The van der Waals surface area contributed by atoms with Gasteiger partial charge in [0.2, 0.25) is 10.0 Å². The highest BCUT2D eigenvalue weighted by Gasteiger charge is 2.23. The van der Waals surface area contributed by atoms with Crippen molar-refractivity contribution in [3.05, 3.63) is 54.1 Å². The van der Waals surface area contributed by atoms with Gasteiger partial charge in [0.05, 0.1) is 25.3 Å². The Balaban J connectivity index is 1.95. The Morgan fingerprint density at radius 2 is 1.76 bits per heavy atom. The molecule has 0 heterocycles. The molecule has 0 saturated carbocycles. The summed E-state index contributed by atoms with van der Waals surface area (Å²) in [5, 5.41) is 6.60. The SMILES string of the molecule is COc1ccccc1N(CC(=O)N/N=C\c1ccc(OCC(=O)NC(C)C)cc1)S(C)(=O)=O. The van der Waals surface area contributed by atoms with E-state index >= 15 is 0 Å². The number of hydrazone groups is 1. The second kappa shape index (κ2) is 11.9. The fourth-order valence-corrected chi connectivity index (χ4v) is 3.58. The number of nitrogens with one attached hydrogen (secondary N) is 2. The molecule has 2 aromatic carbocycles. The third kappa shape index (κ3) is 8.45. The lowest BCUT2D eigenvalue weighted by Crippen LogP contribution is -2.39. The minimum atomic E-state index is -3.75. The molecule has 0 aliphatic rings. The number of carbonyl (C=O) groups is 2. The Kier molecular flexibility index (Phi) is 9.22. The number of ether oxygens (including phenoxy) is 2. The molecule has 2 N–H and O–H groups in total. The standard InChI is InChI=1S/C22H28N4O6S/c1-16(2)24-22(28)15-32-18-11-9-17(10-12-18)13-23-25-21(27)14-26(33(4,29)30)19-7-5-6-8-20(19)31-3/h5-13,16H,14-15H2,1-4H3,(H,24,28)(H,25,27)/b23-13-. The summed E-state index contributed by atoms with van der Waals surface area (Å²) >= 11 is 0. The normalized spacial score (nSPS) is 11.3. The monoisotopic (exact) mass is 476 g/mol. The number of anilines is 1. The van der Waals surface area contributed by atoms with Gasteiger partial charge in [-0.2, -0.15) is 5.10 Å². The first kappa shape index (κ1) is 25.7. The Morgan fingerprint density at radius 1 is 1.09 bits per heavy atom. The van der Waals surface area contributed by atoms with Gasteiger partial charge >= 0.3 is 0 Å². The predicted octanol–water partition coefficient (Wildman–Crippen LogP) is 1.51. The number of carbonyl (C=O) groups excluding carboxylic acids is 2. The smallest absolute Gasteiger partial charge is 0.260 e. The van der Waals surface area contributed by atoms with Crippen molar-refractivity contribution < 1.29 is 27.5 Å². The maximum absolute atomic E-state index is 12.3. The molecule has 0 fully saturated rings. The van der Waals surface area contributed by atoms with E-state index in [4.69, 9.17) is 9.47 Å². The molecule has 0 saturated heterocycles.